The Hall–Kier alpha value is -2.58. The van der Waals surface area contributed by atoms with Gasteiger partial charge in [-0.15, -0.1) is 11.8 Å². The smallest absolute Gasteiger partial charge is 0.291 e. The summed E-state index contributed by atoms with van der Waals surface area (Å²) in [5.41, 5.74) is 0.432. The van der Waals surface area contributed by atoms with Gasteiger partial charge in [0.05, 0.1) is 16.8 Å². The number of hydrogen-bond acceptors (Lipinski definition) is 5. The summed E-state index contributed by atoms with van der Waals surface area (Å²) in [7, 11) is -3.52. The summed E-state index contributed by atoms with van der Waals surface area (Å²) >= 11 is 1.53. The van der Waals surface area contributed by atoms with Crippen molar-refractivity contribution in [3.63, 3.8) is 0 Å². The van der Waals surface area contributed by atoms with Crippen molar-refractivity contribution in [2.75, 3.05) is 11.6 Å². The molecule has 5 nitrogen and oxygen atoms in total. The zero-order valence-electron chi connectivity index (χ0n) is 14.3. The molecule has 0 aliphatic heterocycles. The Kier molecular flexibility index (Phi) is 5.67. The van der Waals surface area contributed by atoms with Crippen molar-refractivity contribution in [2.24, 2.45) is 0 Å². The van der Waals surface area contributed by atoms with Crippen LogP contribution in [0.4, 0.5) is 10.1 Å². The zero-order chi connectivity index (χ0) is 19.4. The third-order valence-corrected chi connectivity index (χ3v) is 5.88. The van der Waals surface area contributed by atoms with Gasteiger partial charge in [-0.1, -0.05) is 18.2 Å². The lowest BCUT2D eigenvalue weighted by Crippen LogP contribution is -2.14. The molecule has 0 spiro atoms. The highest BCUT2D eigenvalue weighted by Gasteiger charge is 2.19. The van der Waals surface area contributed by atoms with Gasteiger partial charge in [0.25, 0.3) is 5.91 Å². The number of furan rings is 1. The van der Waals surface area contributed by atoms with Crippen molar-refractivity contribution in [2.45, 2.75) is 15.5 Å². The van der Waals surface area contributed by atoms with Crippen LogP contribution < -0.4 is 5.32 Å². The Bertz CT molecular complexity index is 1060. The van der Waals surface area contributed by atoms with E-state index in [4.69, 9.17) is 4.42 Å². The Morgan fingerprint density at radius 2 is 1.89 bits per heavy atom. The lowest BCUT2D eigenvalue weighted by Gasteiger charge is -2.08. The van der Waals surface area contributed by atoms with Gasteiger partial charge < -0.3 is 9.73 Å². The molecule has 0 aliphatic rings. The summed E-state index contributed by atoms with van der Waals surface area (Å²) in [5.74, 6) is -0.826. The Morgan fingerprint density at radius 3 is 2.59 bits per heavy atom. The lowest BCUT2D eigenvalue weighted by atomic mass is 10.2. The van der Waals surface area contributed by atoms with Gasteiger partial charge in [-0.3, -0.25) is 4.79 Å². The molecule has 0 saturated carbocycles. The van der Waals surface area contributed by atoms with Crippen LogP contribution in [0.3, 0.4) is 0 Å². The third-order valence-electron chi connectivity index (χ3n) is 3.70. The average Bonchev–Trinajstić information content (AvgIpc) is 3.10. The van der Waals surface area contributed by atoms with E-state index in [-0.39, 0.29) is 16.3 Å². The summed E-state index contributed by atoms with van der Waals surface area (Å²) < 4.78 is 42.5. The molecule has 27 heavy (non-hydrogen) atoms. The summed E-state index contributed by atoms with van der Waals surface area (Å²) in [6.45, 7) is 0. The molecule has 0 fully saturated rings. The van der Waals surface area contributed by atoms with Crippen LogP contribution in [0.2, 0.25) is 0 Å². The standard InChI is InChI=1S/C19H16FNO4S2/c1-27(23,24)15-7-8-16(20)17(11-15)21-19(22)18-13(9-10-25-18)12-26-14-5-3-2-4-6-14/h2-11H,12H2,1H3,(H,21,22). The van der Waals surface area contributed by atoms with Crippen LogP contribution in [0.5, 0.6) is 0 Å². The number of anilines is 1. The minimum atomic E-state index is -3.52. The molecule has 0 saturated heterocycles. The highest BCUT2D eigenvalue weighted by atomic mass is 32.2. The Labute approximate surface area is 160 Å². The number of amides is 1. The minimum Gasteiger partial charge on any atom is -0.459 e. The van der Waals surface area contributed by atoms with Gasteiger partial charge in [0, 0.05) is 22.5 Å². The fourth-order valence-electron chi connectivity index (χ4n) is 2.34. The fraction of sp³-hybridized carbons (Fsp3) is 0.105. The predicted octanol–water partition coefficient (Wildman–Crippen LogP) is 4.37. The second kappa shape index (κ2) is 7.98. The van der Waals surface area contributed by atoms with Crippen LogP contribution in [0.25, 0.3) is 0 Å². The van der Waals surface area contributed by atoms with Gasteiger partial charge in [0.2, 0.25) is 0 Å². The van der Waals surface area contributed by atoms with Crippen LogP contribution >= 0.6 is 11.8 Å². The maximum absolute atomic E-state index is 14.0. The second-order valence-electron chi connectivity index (χ2n) is 5.74. The maximum Gasteiger partial charge on any atom is 0.291 e. The first-order valence-corrected chi connectivity index (χ1v) is 10.8. The van der Waals surface area contributed by atoms with Crippen LogP contribution in [0.1, 0.15) is 16.1 Å². The molecule has 1 aromatic heterocycles. The van der Waals surface area contributed by atoms with E-state index in [0.29, 0.717) is 11.3 Å². The highest BCUT2D eigenvalue weighted by Crippen LogP contribution is 2.26. The van der Waals surface area contributed by atoms with Gasteiger partial charge in [-0.05, 0) is 36.4 Å². The molecule has 8 heteroatoms. The molecular formula is C19H16FNO4S2. The zero-order valence-corrected chi connectivity index (χ0v) is 15.9. The SMILES string of the molecule is CS(=O)(=O)c1ccc(F)c(NC(=O)c2occc2CSc2ccccc2)c1. The molecule has 3 rings (SSSR count). The van der Waals surface area contributed by atoms with Crippen molar-refractivity contribution in [1.29, 1.82) is 0 Å². The van der Waals surface area contributed by atoms with E-state index in [1.54, 1.807) is 6.07 Å². The summed E-state index contributed by atoms with van der Waals surface area (Å²) in [6.07, 6.45) is 2.40. The van der Waals surface area contributed by atoms with E-state index in [1.807, 2.05) is 30.3 Å². The summed E-state index contributed by atoms with van der Waals surface area (Å²) in [6, 6.07) is 14.6. The number of sulfone groups is 1. The lowest BCUT2D eigenvalue weighted by molar-refractivity contribution is 0.0995. The third kappa shape index (κ3) is 4.78. The van der Waals surface area contributed by atoms with Crippen molar-refractivity contribution >= 4 is 33.2 Å². The number of rotatable bonds is 6. The first kappa shape index (κ1) is 19.2. The largest absolute Gasteiger partial charge is 0.459 e. The van der Waals surface area contributed by atoms with E-state index < -0.39 is 21.6 Å². The first-order chi connectivity index (χ1) is 12.8. The highest BCUT2D eigenvalue weighted by molar-refractivity contribution is 7.98. The predicted molar refractivity (Wildman–Crippen MR) is 102 cm³/mol. The number of benzene rings is 2. The molecular weight excluding hydrogens is 389 g/mol. The van der Waals surface area contributed by atoms with E-state index in [9.17, 15) is 17.6 Å². The van der Waals surface area contributed by atoms with E-state index in [0.717, 1.165) is 29.4 Å². The molecule has 0 unspecified atom stereocenters. The fourth-order valence-corrected chi connectivity index (χ4v) is 3.88. The van der Waals surface area contributed by atoms with Crippen LogP contribution in [0, 0.1) is 5.82 Å². The minimum absolute atomic E-state index is 0.0580. The van der Waals surface area contributed by atoms with Crippen LogP contribution in [-0.2, 0) is 15.6 Å². The van der Waals surface area contributed by atoms with E-state index in [1.165, 1.54) is 18.0 Å². The first-order valence-electron chi connectivity index (χ1n) is 7.90. The van der Waals surface area contributed by atoms with Gasteiger partial charge >= 0.3 is 0 Å². The van der Waals surface area contributed by atoms with Gasteiger partial charge in [0.1, 0.15) is 5.82 Å². The molecule has 1 amide bonds. The quantitative estimate of drug-likeness (QED) is 0.487. The van der Waals surface area contributed by atoms with Crippen LogP contribution in [-0.4, -0.2) is 20.6 Å². The maximum atomic E-state index is 14.0. The number of halogens is 1. The normalized spacial score (nSPS) is 11.3. The van der Waals surface area contributed by atoms with Crippen molar-refractivity contribution in [3.05, 3.63) is 78.0 Å². The number of carbonyl (C=O) groups excluding carboxylic acids is 1. The summed E-state index contributed by atoms with van der Waals surface area (Å²) in [4.78, 5) is 13.4. The second-order valence-corrected chi connectivity index (χ2v) is 8.81. The molecule has 1 N–H and O–H groups in total. The topological polar surface area (TPSA) is 76.4 Å². The number of hydrogen-bond donors (Lipinski definition) is 1. The Balaban J connectivity index is 1.77. The van der Waals surface area contributed by atoms with Crippen molar-refractivity contribution in [3.8, 4) is 0 Å². The molecule has 140 valence electrons. The van der Waals surface area contributed by atoms with Crippen LogP contribution in [0.15, 0.2) is 75.1 Å². The number of thioether (sulfide) groups is 1. The van der Waals surface area contributed by atoms with Crippen molar-refractivity contribution in [1.82, 2.24) is 0 Å². The molecule has 1 heterocycles. The number of carbonyl (C=O) groups is 1. The molecule has 2 aromatic carbocycles. The van der Waals surface area contributed by atoms with E-state index >= 15 is 0 Å². The molecule has 0 radical (unpaired) electrons. The summed E-state index contributed by atoms with van der Waals surface area (Å²) in [5, 5.41) is 2.38. The van der Waals surface area contributed by atoms with Crippen molar-refractivity contribution < 1.29 is 22.0 Å². The molecule has 0 atom stereocenters. The van der Waals surface area contributed by atoms with Gasteiger partial charge in [-0.2, -0.15) is 0 Å². The van der Waals surface area contributed by atoms with Gasteiger partial charge in [-0.25, -0.2) is 12.8 Å². The Morgan fingerprint density at radius 1 is 1.15 bits per heavy atom. The average molecular weight is 405 g/mol. The van der Waals surface area contributed by atoms with Gasteiger partial charge in [0.15, 0.2) is 15.6 Å². The molecule has 0 aliphatic carbocycles. The molecule has 3 aromatic rings. The monoisotopic (exact) mass is 405 g/mol. The molecule has 0 bridgehead atoms. The number of nitrogens with one attached hydrogen (secondary N) is 1. The van der Waals surface area contributed by atoms with E-state index in [2.05, 4.69) is 5.32 Å².